The van der Waals surface area contributed by atoms with Crippen molar-refractivity contribution in [3.8, 4) is 0 Å². The minimum atomic E-state index is -3.23. The van der Waals surface area contributed by atoms with Gasteiger partial charge in [0.25, 0.3) is 0 Å². The van der Waals surface area contributed by atoms with Gasteiger partial charge in [-0.2, -0.15) is 0 Å². The van der Waals surface area contributed by atoms with Gasteiger partial charge in [0.1, 0.15) is 0 Å². The smallest absolute Gasteiger partial charge is 0.237 e. The summed E-state index contributed by atoms with van der Waals surface area (Å²) in [6.07, 6.45) is 2.85. The molecule has 0 spiro atoms. The standard InChI is InChI=1S/C5H4BrNO2S/c6-10(8,9)5-1-3-7-4-2-5/h1-4H. The van der Waals surface area contributed by atoms with Gasteiger partial charge in [-0.3, -0.25) is 4.98 Å². The van der Waals surface area contributed by atoms with Gasteiger partial charge in [0, 0.05) is 12.4 Å². The Labute approximate surface area is 66.2 Å². The second-order valence-corrected chi connectivity index (χ2v) is 5.53. The highest BCUT2D eigenvalue weighted by atomic mass is 79.9. The Hall–Kier alpha value is -0.420. The normalized spacial score (nSPS) is 11.3. The third-order valence-corrected chi connectivity index (χ3v) is 2.89. The summed E-state index contributed by atoms with van der Waals surface area (Å²) in [7, 11) is -3.23. The van der Waals surface area contributed by atoms with Gasteiger partial charge in [0.15, 0.2) is 0 Å². The molecule has 0 saturated carbocycles. The van der Waals surface area contributed by atoms with Gasteiger partial charge >= 0.3 is 0 Å². The van der Waals surface area contributed by atoms with E-state index in [1.54, 1.807) is 0 Å². The molecule has 0 saturated heterocycles. The van der Waals surface area contributed by atoms with Gasteiger partial charge in [-0.1, -0.05) is 0 Å². The summed E-state index contributed by atoms with van der Waals surface area (Å²) in [5, 5.41) is 0. The molecule has 0 aliphatic heterocycles. The molecule has 0 aliphatic carbocycles. The quantitative estimate of drug-likeness (QED) is 0.670. The molecular weight excluding hydrogens is 218 g/mol. The molecule has 0 amide bonds. The van der Waals surface area contributed by atoms with Crippen LogP contribution in [0.5, 0.6) is 0 Å². The van der Waals surface area contributed by atoms with Crippen LogP contribution in [-0.2, 0) is 8.27 Å². The predicted octanol–water partition coefficient (Wildman–Crippen LogP) is 1.17. The molecule has 54 valence electrons. The summed E-state index contributed by atoms with van der Waals surface area (Å²) in [4.78, 5) is 3.90. The SMILES string of the molecule is O=S(=O)(Br)c1ccncc1. The molecule has 0 atom stereocenters. The molecule has 0 unspecified atom stereocenters. The summed E-state index contributed by atoms with van der Waals surface area (Å²) in [6, 6.07) is 2.84. The predicted molar refractivity (Wildman–Crippen MR) is 40.3 cm³/mol. The van der Waals surface area contributed by atoms with Crippen molar-refractivity contribution in [1.82, 2.24) is 4.98 Å². The van der Waals surface area contributed by atoms with Crippen LogP contribution in [0.1, 0.15) is 0 Å². The van der Waals surface area contributed by atoms with E-state index in [1.807, 2.05) is 0 Å². The highest BCUT2D eigenvalue weighted by Crippen LogP contribution is 2.13. The number of aromatic nitrogens is 1. The van der Waals surface area contributed by atoms with Crippen LogP contribution >= 0.6 is 14.8 Å². The zero-order valence-corrected chi connectivity index (χ0v) is 7.26. The largest absolute Gasteiger partial charge is 0.265 e. The first-order chi connectivity index (χ1) is 4.61. The topological polar surface area (TPSA) is 47.0 Å². The van der Waals surface area contributed by atoms with Crippen LogP contribution in [0.2, 0.25) is 0 Å². The number of halogens is 1. The van der Waals surface area contributed by atoms with E-state index in [1.165, 1.54) is 24.5 Å². The first-order valence-electron chi connectivity index (χ1n) is 2.45. The number of rotatable bonds is 1. The number of nitrogens with zero attached hydrogens (tertiary/aromatic N) is 1. The van der Waals surface area contributed by atoms with E-state index >= 15 is 0 Å². The van der Waals surface area contributed by atoms with Crippen molar-refractivity contribution >= 4 is 23.1 Å². The fraction of sp³-hybridized carbons (Fsp3) is 0. The van der Waals surface area contributed by atoms with Crippen LogP contribution in [0.25, 0.3) is 0 Å². The molecule has 5 heteroatoms. The second kappa shape index (κ2) is 2.67. The van der Waals surface area contributed by atoms with Crippen LogP contribution < -0.4 is 0 Å². The average Bonchev–Trinajstić information content (AvgIpc) is 1.88. The minimum Gasteiger partial charge on any atom is -0.265 e. The summed E-state index contributed by atoms with van der Waals surface area (Å²) in [5.41, 5.74) is 0. The Morgan fingerprint density at radius 2 is 1.80 bits per heavy atom. The van der Waals surface area contributed by atoms with E-state index in [4.69, 9.17) is 0 Å². The van der Waals surface area contributed by atoms with E-state index in [-0.39, 0.29) is 4.90 Å². The zero-order valence-electron chi connectivity index (χ0n) is 4.86. The van der Waals surface area contributed by atoms with Crippen molar-refractivity contribution in [2.45, 2.75) is 4.90 Å². The van der Waals surface area contributed by atoms with E-state index in [0.29, 0.717) is 0 Å². The molecule has 3 nitrogen and oxygen atoms in total. The number of pyridine rings is 1. The molecule has 0 bridgehead atoms. The Morgan fingerprint density at radius 3 is 2.10 bits per heavy atom. The van der Waals surface area contributed by atoms with Gasteiger partial charge in [-0.05, 0) is 12.1 Å². The van der Waals surface area contributed by atoms with Crippen molar-refractivity contribution in [3.05, 3.63) is 24.5 Å². The number of hydrogen-bond acceptors (Lipinski definition) is 3. The average molecular weight is 222 g/mol. The van der Waals surface area contributed by atoms with Crippen molar-refractivity contribution in [2.75, 3.05) is 0 Å². The molecule has 1 aromatic heterocycles. The molecule has 0 N–H and O–H groups in total. The molecule has 1 rings (SSSR count). The molecule has 0 aliphatic rings. The molecule has 0 fully saturated rings. The van der Waals surface area contributed by atoms with Crippen molar-refractivity contribution < 1.29 is 8.42 Å². The first-order valence-corrected chi connectivity index (χ1v) is 5.78. The van der Waals surface area contributed by atoms with E-state index in [9.17, 15) is 8.42 Å². The molecule has 1 aromatic rings. The van der Waals surface area contributed by atoms with Gasteiger partial charge in [0.2, 0.25) is 8.27 Å². The van der Waals surface area contributed by atoms with Crippen LogP contribution in [0.3, 0.4) is 0 Å². The maximum atomic E-state index is 10.7. The number of hydrogen-bond donors (Lipinski definition) is 0. The minimum absolute atomic E-state index is 0.225. The van der Waals surface area contributed by atoms with Crippen molar-refractivity contribution in [2.24, 2.45) is 0 Å². The lowest BCUT2D eigenvalue weighted by Crippen LogP contribution is -1.88. The lowest BCUT2D eigenvalue weighted by atomic mass is 10.5. The van der Waals surface area contributed by atoms with Crippen LogP contribution in [0.15, 0.2) is 29.4 Å². The highest BCUT2D eigenvalue weighted by molar-refractivity contribution is 9.47. The third kappa shape index (κ3) is 1.78. The van der Waals surface area contributed by atoms with Gasteiger partial charge in [0.05, 0.1) is 19.7 Å². The van der Waals surface area contributed by atoms with Gasteiger partial charge < -0.3 is 0 Å². The molecule has 10 heavy (non-hydrogen) atoms. The fourth-order valence-corrected chi connectivity index (χ4v) is 1.60. The summed E-state index contributed by atoms with van der Waals surface area (Å²) in [6.45, 7) is 0. The Kier molecular flexibility index (Phi) is 2.05. The van der Waals surface area contributed by atoms with Gasteiger partial charge in [-0.25, -0.2) is 8.42 Å². The Bertz CT molecular complexity index is 308. The Balaban J connectivity index is 3.22. The molecule has 1 heterocycles. The fourth-order valence-electron chi connectivity index (χ4n) is 0.501. The van der Waals surface area contributed by atoms with Crippen LogP contribution in [0, 0.1) is 0 Å². The van der Waals surface area contributed by atoms with Crippen LogP contribution in [-0.4, -0.2) is 13.4 Å². The second-order valence-electron chi connectivity index (χ2n) is 1.62. The van der Waals surface area contributed by atoms with Crippen molar-refractivity contribution in [1.29, 1.82) is 0 Å². The zero-order chi connectivity index (χ0) is 7.61. The maximum absolute atomic E-state index is 10.7. The molecular formula is C5H4BrNO2S. The maximum Gasteiger partial charge on any atom is 0.237 e. The summed E-state index contributed by atoms with van der Waals surface area (Å²) < 4.78 is 21.4. The van der Waals surface area contributed by atoms with E-state index in [2.05, 4.69) is 19.8 Å². The molecule has 0 radical (unpaired) electrons. The van der Waals surface area contributed by atoms with Crippen LogP contribution in [0.4, 0.5) is 0 Å². The summed E-state index contributed by atoms with van der Waals surface area (Å²) >= 11 is 2.53. The third-order valence-electron chi connectivity index (χ3n) is 0.931. The summed E-state index contributed by atoms with van der Waals surface area (Å²) in [5.74, 6) is 0. The highest BCUT2D eigenvalue weighted by Gasteiger charge is 2.06. The van der Waals surface area contributed by atoms with Crippen molar-refractivity contribution in [3.63, 3.8) is 0 Å². The van der Waals surface area contributed by atoms with E-state index in [0.717, 1.165) is 0 Å². The Morgan fingerprint density at radius 1 is 1.30 bits per heavy atom. The molecule has 0 aromatic carbocycles. The van der Waals surface area contributed by atoms with E-state index < -0.39 is 8.27 Å². The first kappa shape index (κ1) is 7.68. The van der Waals surface area contributed by atoms with Gasteiger partial charge in [-0.15, -0.1) is 0 Å². The monoisotopic (exact) mass is 221 g/mol. The lowest BCUT2D eigenvalue weighted by molar-refractivity contribution is 0.611. The lowest BCUT2D eigenvalue weighted by Gasteiger charge is -1.91.